The van der Waals surface area contributed by atoms with Crippen LogP contribution in [0.25, 0.3) is 10.8 Å². The lowest BCUT2D eigenvalue weighted by atomic mass is 10.0. The van der Waals surface area contributed by atoms with Crippen LogP contribution < -0.4 is 10.3 Å². The Morgan fingerprint density at radius 3 is 2.23 bits per heavy atom. The molecule has 0 amide bonds. The highest BCUT2D eigenvalue weighted by molar-refractivity contribution is 5.89. The van der Waals surface area contributed by atoms with Crippen LogP contribution in [-0.2, 0) is 12.8 Å². The zero-order valence-electron chi connectivity index (χ0n) is 18.2. The van der Waals surface area contributed by atoms with Gasteiger partial charge in [0.25, 0.3) is 5.56 Å². The van der Waals surface area contributed by atoms with Crippen LogP contribution in [0.1, 0.15) is 63.6 Å². The summed E-state index contributed by atoms with van der Waals surface area (Å²) in [4.78, 5) is 15.8. The minimum atomic E-state index is -0.301. The van der Waals surface area contributed by atoms with E-state index in [2.05, 4.69) is 18.8 Å². The van der Waals surface area contributed by atoms with Crippen LogP contribution in [0, 0.1) is 0 Å². The van der Waals surface area contributed by atoms with E-state index in [1.54, 1.807) is 12.1 Å². The number of phenolic OH excluding ortho intramolecular Hbond substituents is 3. The molecule has 0 aliphatic carbocycles. The summed E-state index contributed by atoms with van der Waals surface area (Å²) in [7, 11) is 0. The maximum absolute atomic E-state index is 12.9. The molecule has 1 aromatic heterocycles. The van der Waals surface area contributed by atoms with Gasteiger partial charge in [-0.05, 0) is 49.3 Å². The van der Waals surface area contributed by atoms with Gasteiger partial charge in [0.15, 0.2) is 11.5 Å². The lowest BCUT2D eigenvalue weighted by Gasteiger charge is -2.15. The molecule has 3 aromatic rings. The molecule has 0 fully saturated rings. The van der Waals surface area contributed by atoms with Crippen molar-refractivity contribution in [3.8, 4) is 28.7 Å². The number of unbranched alkanes of at least 4 members (excludes halogenated alkanes) is 4. The summed E-state index contributed by atoms with van der Waals surface area (Å²) in [6.45, 7) is 4.22. The Labute approximate surface area is 182 Å². The number of nitrogens with one attached hydrogen (secondary N) is 1. The SMILES string of the molecule is CCCCCc1cc2cc(O)cc(Oc3c(O)cc(O)cc3CCCCC)c2c(=O)[nH]1. The van der Waals surface area contributed by atoms with Gasteiger partial charge in [0.2, 0.25) is 0 Å². The second-order valence-electron chi connectivity index (χ2n) is 8.00. The Morgan fingerprint density at radius 1 is 0.839 bits per heavy atom. The maximum atomic E-state index is 12.9. The van der Waals surface area contributed by atoms with Crippen molar-refractivity contribution >= 4 is 10.8 Å². The molecule has 6 nitrogen and oxygen atoms in total. The molecule has 0 saturated carbocycles. The molecule has 6 heteroatoms. The highest BCUT2D eigenvalue weighted by atomic mass is 16.5. The van der Waals surface area contributed by atoms with Crippen LogP contribution in [-0.4, -0.2) is 20.3 Å². The van der Waals surface area contributed by atoms with Crippen LogP contribution in [0.4, 0.5) is 0 Å². The fourth-order valence-electron chi connectivity index (χ4n) is 3.83. The monoisotopic (exact) mass is 425 g/mol. The summed E-state index contributed by atoms with van der Waals surface area (Å²) >= 11 is 0. The lowest BCUT2D eigenvalue weighted by molar-refractivity contribution is 0.398. The minimum absolute atomic E-state index is 0.0293. The molecule has 0 aliphatic heterocycles. The molecule has 2 aromatic carbocycles. The first-order valence-electron chi connectivity index (χ1n) is 11.0. The summed E-state index contributed by atoms with van der Waals surface area (Å²) in [6, 6.07) is 7.54. The summed E-state index contributed by atoms with van der Waals surface area (Å²) in [6.07, 6.45) is 7.42. The van der Waals surface area contributed by atoms with Crippen molar-refractivity contribution in [2.24, 2.45) is 0 Å². The van der Waals surface area contributed by atoms with Gasteiger partial charge in [-0.15, -0.1) is 0 Å². The molecule has 0 aliphatic rings. The zero-order valence-corrected chi connectivity index (χ0v) is 18.2. The fraction of sp³-hybridized carbons (Fsp3) is 0.400. The largest absolute Gasteiger partial charge is 0.508 e. The van der Waals surface area contributed by atoms with Crippen LogP contribution in [0.15, 0.2) is 35.1 Å². The molecule has 0 bridgehead atoms. The van der Waals surface area contributed by atoms with Crippen LogP contribution in [0.2, 0.25) is 0 Å². The maximum Gasteiger partial charge on any atom is 0.259 e. The number of phenols is 3. The van der Waals surface area contributed by atoms with Gasteiger partial charge >= 0.3 is 0 Å². The van der Waals surface area contributed by atoms with Gasteiger partial charge < -0.3 is 25.0 Å². The van der Waals surface area contributed by atoms with Crippen molar-refractivity contribution in [3.05, 3.63) is 51.9 Å². The van der Waals surface area contributed by atoms with Crippen molar-refractivity contribution in [1.29, 1.82) is 0 Å². The van der Waals surface area contributed by atoms with Gasteiger partial charge in [0, 0.05) is 23.4 Å². The average molecular weight is 426 g/mol. The Hall–Kier alpha value is -3.15. The van der Waals surface area contributed by atoms with E-state index >= 15 is 0 Å². The minimum Gasteiger partial charge on any atom is -0.508 e. The number of ether oxygens (including phenoxy) is 1. The van der Waals surface area contributed by atoms with E-state index < -0.39 is 0 Å². The summed E-state index contributed by atoms with van der Waals surface area (Å²) in [5, 5.41) is 31.5. The molecule has 166 valence electrons. The van der Waals surface area contributed by atoms with Gasteiger partial charge in [0.1, 0.15) is 17.2 Å². The first-order valence-corrected chi connectivity index (χ1v) is 11.0. The van der Waals surface area contributed by atoms with Gasteiger partial charge in [-0.1, -0.05) is 39.5 Å². The number of aryl methyl sites for hydroxylation is 2. The molecule has 31 heavy (non-hydrogen) atoms. The molecular weight excluding hydrogens is 394 g/mol. The lowest BCUT2D eigenvalue weighted by Crippen LogP contribution is -2.10. The van der Waals surface area contributed by atoms with E-state index in [0.29, 0.717) is 22.8 Å². The third-order valence-electron chi connectivity index (χ3n) is 5.39. The zero-order chi connectivity index (χ0) is 22.4. The quantitative estimate of drug-likeness (QED) is 0.303. The van der Waals surface area contributed by atoms with Crippen molar-refractivity contribution in [2.45, 2.75) is 65.2 Å². The Kier molecular flexibility index (Phi) is 7.45. The fourth-order valence-corrected chi connectivity index (χ4v) is 3.83. The molecule has 1 heterocycles. The number of fused-ring (bicyclic) bond motifs is 1. The highest BCUT2D eigenvalue weighted by Crippen LogP contribution is 2.41. The second kappa shape index (κ2) is 10.2. The summed E-state index contributed by atoms with van der Waals surface area (Å²) < 4.78 is 6.00. The van der Waals surface area contributed by atoms with E-state index in [1.807, 2.05) is 6.07 Å². The van der Waals surface area contributed by atoms with Gasteiger partial charge in [-0.25, -0.2) is 0 Å². The number of rotatable bonds is 10. The molecule has 0 unspecified atom stereocenters. The van der Waals surface area contributed by atoms with Crippen LogP contribution in [0.3, 0.4) is 0 Å². The van der Waals surface area contributed by atoms with Crippen molar-refractivity contribution in [1.82, 2.24) is 4.98 Å². The number of pyridine rings is 1. The van der Waals surface area contributed by atoms with Gasteiger partial charge in [-0.3, -0.25) is 4.79 Å². The Bertz CT molecular complexity index is 1100. The summed E-state index contributed by atoms with van der Waals surface area (Å²) in [5.74, 6) is 0.0574. The normalized spacial score (nSPS) is 11.2. The number of hydrogen-bond donors (Lipinski definition) is 4. The van der Waals surface area contributed by atoms with E-state index in [0.717, 1.165) is 50.6 Å². The third kappa shape index (κ3) is 5.51. The van der Waals surface area contributed by atoms with Crippen LogP contribution >= 0.6 is 0 Å². The van der Waals surface area contributed by atoms with E-state index in [4.69, 9.17) is 4.74 Å². The Balaban J connectivity index is 2.03. The topological polar surface area (TPSA) is 103 Å². The standard InChI is InChI=1S/C25H31NO5/c1-3-5-7-9-16-12-19(27)14-21(29)24(16)31-22-15-20(28)13-17-11-18(10-8-6-4-2)26-25(30)23(17)22/h11-15,27-29H,3-10H2,1-2H3,(H,26,30). The third-order valence-corrected chi connectivity index (χ3v) is 5.39. The van der Waals surface area contributed by atoms with Crippen LogP contribution in [0.5, 0.6) is 28.7 Å². The van der Waals surface area contributed by atoms with E-state index in [9.17, 15) is 20.1 Å². The van der Waals surface area contributed by atoms with Gasteiger partial charge in [0.05, 0.1) is 5.39 Å². The van der Waals surface area contributed by atoms with Gasteiger partial charge in [-0.2, -0.15) is 0 Å². The van der Waals surface area contributed by atoms with Crippen molar-refractivity contribution in [2.75, 3.05) is 0 Å². The number of benzene rings is 2. The van der Waals surface area contributed by atoms with E-state index in [1.165, 1.54) is 12.1 Å². The van der Waals surface area contributed by atoms with Crippen molar-refractivity contribution < 1.29 is 20.1 Å². The Morgan fingerprint density at radius 2 is 1.52 bits per heavy atom. The summed E-state index contributed by atoms with van der Waals surface area (Å²) in [5.41, 5.74) is 1.16. The second-order valence-corrected chi connectivity index (χ2v) is 8.00. The average Bonchev–Trinajstić information content (AvgIpc) is 2.70. The predicted octanol–water partition coefficient (Wildman–Crippen LogP) is 5.90. The molecule has 0 atom stereocenters. The predicted molar refractivity (Wildman–Crippen MR) is 123 cm³/mol. The molecule has 0 spiro atoms. The number of H-pyrrole nitrogens is 1. The number of aromatic amines is 1. The molecule has 0 saturated heterocycles. The van der Waals surface area contributed by atoms with E-state index in [-0.39, 0.29) is 34.3 Å². The first-order chi connectivity index (χ1) is 14.9. The molecule has 3 rings (SSSR count). The highest BCUT2D eigenvalue weighted by Gasteiger charge is 2.17. The first kappa shape index (κ1) is 22.5. The number of aromatic hydroxyl groups is 3. The number of hydrogen-bond acceptors (Lipinski definition) is 5. The molecular formula is C25H31NO5. The van der Waals surface area contributed by atoms with Crippen molar-refractivity contribution in [3.63, 3.8) is 0 Å². The molecule has 4 N–H and O–H groups in total. The number of aromatic nitrogens is 1. The molecule has 0 radical (unpaired) electrons. The smallest absolute Gasteiger partial charge is 0.259 e.